The molecule has 1 amide bonds. The first-order chi connectivity index (χ1) is 17.0. The van der Waals surface area contributed by atoms with Crippen LogP contribution >= 0.6 is 0 Å². The maximum Gasteiger partial charge on any atom is 0.307 e. The van der Waals surface area contributed by atoms with Crippen molar-refractivity contribution in [1.82, 2.24) is 14.9 Å². The molecular weight excluding hydrogens is 442 g/mol. The van der Waals surface area contributed by atoms with E-state index in [1.54, 1.807) is 29.1 Å². The SMILES string of the molecule is O=C(NC1CC1)c1cn(-c2cccc(-c3ccc([C@@H]4C[C@H]4C(=O)O)cc3)c2)c2ncccc2c1=O. The molecule has 2 aromatic heterocycles. The fourth-order valence-electron chi connectivity index (χ4n) is 4.60. The van der Waals surface area contributed by atoms with Gasteiger partial charge in [-0.15, -0.1) is 0 Å². The molecule has 2 heterocycles. The second-order valence-electron chi connectivity index (χ2n) is 9.32. The highest BCUT2D eigenvalue weighted by Gasteiger charge is 2.44. The number of nitrogens with one attached hydrogen (secondary N) is 1. The normalized spacial score (nSPS) is 18.9. The van der Waals surface area contributed by atoms with Gasteiger partial charge in [-0.25, -0.2) is 4.98 Å². The Morgan fingerprint density at radius 2 is 1.80 bits per heavy atom. The van der Waals surface area contributed by atoms with E-state index in [-0.39, 0.29) is 34.8 Å². The lowest BCUT2D eigenvalue weighted by atomic mass is 10.0. The van der Waals surface area contributed by atoms with E-state index in [1.165, 1.54) is 0 Å². The number of pyridine rings is 2. The molecule has 7 nitrogen and oxygen atoms in total. The molecule has 2 N–H and O–H groups in total. The second kappa shape index (κ2) is 8.20. The van der Waals surface area contributed by atoms with Gasteiger partial charge in [0.1, 0.15) is 11.2 Å². The molecule has 35 heavy (non-hydrogen) atoms. The van der Waals surface area contributed by atoms with Gasteiger partial charge in [-0.05, 0) is 66.1 Å². The first-order valence-electron chi connectivity index (χ1n) is 11.7. The Labute approximate surface area is 201 Å². The van der Waals surface area contributed by atoms with Crippen molar-refractivity contribution < 1.29 is 14.7 Å². The molecule has 0 unspecified atom stereocenters. The smallest absolute Gasteiger partial charge is 0.307 e. The molecule has 0 bridgehead atoms. The molecule has 2 atom stereocenters. The van der Waals surface area contributed by atoms with Crippen molar-refractivity contribution in [3.05, 3.63) is 94.4 Å². The van der Waals surface area contributed by atoms with E-state index in [2.05, 4.69) is 10.3 Å². The van der Waals surface area contributed by atoms with Gasteiger partial charge in [-0.1, -0.05) is 36.4 Å². The predicted octanol–water partition coefficient (Wildman–Crippen LogP) is 4.13. The molecule has 4 aromatic rings. The van der Waals surface area contributed by atoms with E-state index in [1.807, 2.05) is 48.5 Å². The van der Waals surface area contributed by atoms with Crippen LogP contribution in [-0.4, -0.2) is 32.6 Å². The summed E-state index contributed by atoms with van der Waals surface area (Å²) in [6, 6.07) is 19.4. The minimum Gasteiger partial charge on any atom is -0.481 e. The Hall–Kier alpha value is -4.26. The summed E-state index contributed by atoms with van der Waals surface area (Å²) in [5, 5.41) is 12.5. The molecule has 6 rings (SSSR count). The lowest BCUT2D eigenvalue weighted by Gasteiger charge is -2.14. The van der Waals surface area contributed by atoms with E-state index >= 15 is 0 Å². The quantitative estimate of drug-likeness (QED) is 0.446. The summed E-state index contributed by atoms with van der Waals surface area (Å²) in [7, 11) is 0. The van der Waals surface area contributed by atoms with E-state index in [9.17, 15) is 19.5 Å². The minimum atomic E-state index is -0.737. The summed E-state index contributed by atoms with van der Waals surface area (Å²) in [4.78, 5) is 41.5. The highest BCUT2D eigenvalue weighted by molar-refractivity contribution is 5.97. The summed E-state index contributed by atoms with van der Waals surface area (Å²) in [6.07, 6.45) is 5.78. The molecule has 174 valence electrons. The van der Waals surface area contributed by atoms with Gasteiger partial charge in [-0.3, -0.25) is 14.4 Å². The van der Waals surface area contributed by atoms with Crippen LogP contribution in [0, 0.1) is 5.92 Å². The lowest BCUT2D eigenvalue weighted by molar-refractivity contribution is -0.138. The first kappa shape index (κ1) is 21.3. The highest BCUT2D eigenvalue weighted by Crippen LogP contribution is 2.47. The van der Waals surface area contributed by atoms with Crippen molar-refractivity contribution in [3.63, 3.8) is 0 Å². The monoisotopic (exact) mass is 465 g/mol. The van der Waals surface area contributed by atoms with Crippen LogP contribution in [0.2, 0.25) is 0 Å². The Kier molecular flexibility index (Phi) is 4.99. The number of benzene rings is 2. The second-order valence-corrected chi connectivity index (χ2v) is 9.32. The van der Waals surface area contributed by atoms with Crippen LogP contribution in [0.3, 0.4) is 0 Å². The Morgan fingerprint density at radius 3 is 2.51 bits per heavy atom. The van der Waals surface area contributed by atoms with Crippen molar-refractivity contribution in [2.45, 2.75) is 31.2 Å². The average molecular weight is 466 g/mol. The molecule has 0 saturated heterocycles. The largest absolute Gasteiger partial charge is 0.481 e. The third-order valence-electron chi connectivity index (χ3n) is 6.82. The van der Waals surface area contributed by atoms with Crippen molar-refractivity contribution in [3.8, 4) is 16.8 Å². The number of aromatic nitrogens is 2. The Morgan fingerprint density at radius 1 is 1.00 bits per heavy atom. The van der Waals surface area contributed by atoms with Crippen LogP contribution in [0.5, 0.6) is 0 Å². The third kappa shape index (κ3) is 3.99. The van der Waals surface area contributed by atoms with Crippen molar-refractivity contribution in [2.75, 3.05) is 0 Å². The summed E-state index contributed by atoms with van der Waals surface area (Å²) < 4.78 is 1.79. The van der Waals surface area contributed by atoms with Gasteiger partial charge in [0.15, 0.2) is 0 Å². The van der Waals surface area contributed by atoms with Gasteiger partial charge in [0, 0.05) is 24.1 Å². The average Bonchev–Trinajstić information content (AvgIpc) is 3.80. The number of rotatable bonds is 6. The zero-order valence-corrected chi connectivity index (χ0v) is 18.8. The maximum atomic E-state index is 13.1. The number of carboxylic acid groups (broad SMARTS) is 1. The molecule has 2 fully saturated rings. The molecule has 2 aliphatic carbocycles. The van der Waals surface area contributed by atoms with Crippen LogP contribution < -0.4 is 10.7 Å². The number of fused-ring (bicyclic) bond motifs is 1. The zero-order valence-electron chi connectivity index (χ0n) is 18.8. The van der Waals surface area contributed by atoms with Gasteiger partial charge in [0.25, 0.3) is 5.91 Å². The predicted molar refractivity (Wildman–Crippen MR) is 132 cm³/mol. The first-order valence-corrected chi connectivity index (χ1v) is 11.7. The molecule has 0 aliphatic heterocycles. The summed E-state index contributed by atoms with van der Waals surface area (Å²) in [6.45, 7) is 0. The molecule has 2 aliphatic rings. The molecular formula is C28H23N3O4. The lowest BCUT2D eigenvalue weighted by Crippen LogP contribution is -2.31. The van der Waals surface area contributed by atoms with Crippen molar-refractivity contribution in [1.29, 1.82) is 0 Å². The fraction of sp³-hybridized carbons (Fsp3) is 0.214. The fourth-order valence-corrected chi connectivity index (χ4v) is 4.60. The van der Waals surface area contributed by atoms with E-state index in [0.29, 0.717) is 17.5 Å². The number of nitrogens with zero attached hydrogens (tertiary/aromatic N) is 2. The van der Waals surface area contributed by atoms with Crippen molar-refractivity contribution in [2.24, 2.45) is 5.92 Å². The standard InChI is InChI=1S/C28H23N3O4/c32-25-21-5-2-12-29-26(21)31(15-24(25)27(33)30-19-10-11-19)20-4-1-3-18(13-20)16-6-8-17(9-7-16)22-14-23(22)28(34)35/h1-9,12-13,15,19,22-23H,10-11,14H2,(H,30,33)(H,34,35)/t22-,23+/m0/s1. The molecule has 2 aromatic carbocycles. The van der Waals surface area contributed by atoms with E-state index < -0.39 is 5.97 Å². The van der Waals surface area contributed by atoms with Gasteiger partial charge in [-0.2, -0.15) is 0 Å². The van der Waals surface area contributed by atoms with Gasteiger partial charge < -0.3 is 15.0 Å². The molecule has 0 spiro atoms. The third-order valence-corrected chi connectivity index (χ3v) is 6.82. The number of carbonyl (C=O) groups excluding carboxylic acids is 1. The summed E-state index contributed by atoms with van der Waals surface area (Å²) in [5.41, 5.74) is 4.04. The van der Waals surface area contributed by atoms with Crippen LogP contribution in [0.15, 0.2) is 77.9 Å². The number of amides is 1. The zero-order chi connectivity index (χ0) is 24.1. The molecule has 0 radical (unpaired) electrons. The Balaban J connectivity index is 1.39. The number of hydrogen-bond donors (Lipinski definition) is 2. The number of hydrogen-bond acceptors (Lipinski definition) is 4. The molecule has 2 saturated carbocycles. The summed E-state index contributed by atoms with van der Waals surface area (Å²) >= 11 is 0. The van der Waals surface area contributed by atoms with Crippen LogP contribution in [0.1, 0.15) is 41.1 Å². The van der Waals surface area contributed by atoms with Gasteiger partial charge >= 0.3 is 5.97 Å². The molecule has 7 heteroatoms. The number of aliphatic carboxylic acids is 1. The topological polar surface area (TPSA) is 101 Å². The number of carbonyl (C=O) groups is 2. The van der Waals surface area contributed by atoms with Crippen LogP contribution in [-0.2, 0) is 4.79 Å². The van der Waals surface area contributed by atoms with E-state index in [0.717, 1.165) is 35.2 Å². The van der Waals surface area contributed by atoms with Crippen molar-refractivity contribution >= 4 is 22.9 Å². The Bertz CT molecular complexity index is 1540. The maximum absolute atomic E-state index is 13.1. The highest BCUT2D eigenvalue weighted by atomic mass is 16.4. The minimum absolute atomic E-state index is 0.0895. The van der Waals surface area contributed by atoms with Crippen LogP contribution in [0.4, 0.5) is 0 Å². The van der Waals surface area contributed by atoms with Crippen LogP contribution in [0.25, 0.3) is 27.8 Å². The number of carboxylic acids is 1. The van der Waals surface area contributed by atoms with Gasteiger partial charge in [0.05, 0.1) is 11.3 Å². The van der Waals surface area contributed by atoms with Gasteiger partial charge in [0.2, 0.25) is 5.43 Å². The van der Waals surface area contributed by atoms with E-state index in [4.69, 9.17) is 0 Å². The summed E-state index contributed by atoms with van der Waals surface area (Å²) in [5.74, 6) is -1.29.